The second-order valence-corrected chi connectivity index (χ2v) is 4.67. The van der Waals surface area contributed by atoms with Crippen LogP contribution in [0.2, 0.25) is 0 Å². The van der Waals surface area contributed by atoms with Gasteiger partial charge in [0.05, 0.1) is 0 Å². The molecule has 0 saturated carbocycles. The zero-order valence-corrected chi connectivity index (χ0v) is 9.07. The molecule has 0 aromatic heterocycles. The van der Waals surface area contributed by atoms with Crippen molar-refractivity contribution in [1.29, 1.82) is 0 Å². The first-order valence-electron chi connectivity index (χ1n) is 4.56. The molecule has 1 atom stereocenters. The normalized spacial score (nSPS) is 15.1. The van der Waals surface area contributed by atoms with Gasteiger partial charge >= 0.3 is 0 Å². The average molecular weight is 165 g/mol. The van der Waals surface area contributed by atoms with Crippen molar-refractivity contribution in [1.82, 2.24) is 0 Å². The topological polar surface area (TPSA) is 0 Å². The molecule has 69 valence electrons. The lowest BCUT2D eigenvalue weighted by Crippen LogP contribution is -2.00. The summed E-state index contributed by atoms with van der Waals surface area (Å²) < 4.78 is 0. The van der Waals surface area contributed by atoms with Gasteiger partial charge in [0, 0.05) is 0 Å². The Kier molecular flexibility index (Phi) is 4.30. The predicted molar refractivity (Wildman–Crippen MR) is 55.9 cm³/mol. The molecule has 12 heavy (non-hydrogen) atoms. The lowest BCUT2D eigenvalue weighted by molar-refractivity contribution is 0.536. The van der Waals surface area contributed by atoms with Gasteiger partial charge in [-0.1, -0.05) is 45.9 Å². The Bertz CT molecular complexity index is 167. The highest BCUT2D eigenvalue weighted by Crippen LogP contribution is 2.17. The summed E-state index contributed by atoms with van der Waals surface area (Å²) >= 11 is 0. The summed E-state index contributed by atoms with van der Waals surface area (Å²) in [4.78, 5) is 0. The lowest BCUT2D eigenvalue weighted by Gasteiger charge is -2.12. The molecule has 0 amide bonds. The zero-order valence-electron chi connectivity index (χ0n) is 9.07. The fourth-order valence-electron chi connectivity index (χ4n) is 0.716. The van der Waals surface area contributed by atoms with E-state index < -0.39 is 0 Å². The molecule has 0 spiro atoms. The fourth-order valence-corrected chi connectivity index (χ4v) is 0.716. The molecule has 0 heteroatoms. The minimum atomic E-state index is 0.259. The summed E-state index contributed by atoms with van der Waals surface area (Å²) in [5, 5.41) is 0. The van der Waals surface area contributed by atoms with Crippen LogP contribution in [0.3, 0.4) is 0 Å². The molecule has 0 aliphatic rings. The average Bonchev–Trinajstić information content (AvgIpc) is 1.84. The molecule has 0 aromatic carbocycles. The van der Waals surface area contributed by atoms with E-state index >= 15 is 0 Å². The first-order chi connectivity index (χ1) is 5.33. The van der Waals surface area contributed by atoms with E-state index in [2.05, 4.69) is 53.3 Å². The van der Waals surface area contributed by atoms with Gasteiger partial charge in [-0.2, -0.15) is 0 Å². The van der Waals surface area contributed by atoms with Crippen LogP contribution in [-0.2, 0) is 0 Å². The van der Waals surface area contributed by atoms with Gasteiger partial charge in [-0.3, -0.25) is 0 Å². The quantitative estimate of drug-likeness (QED) is 0.555. The third kappa shape index (κ3) is 6.21. The van der Waals surface area contributed by atoms with Crippen molar-refractivity contribution in [2.24, 2.45) is 11.3 Å². The first kappa shape index (κ1) is 11.5. The molecule has 0 saturated heterocycles. The van der Waals surface area contributed by atoms with Crippen LogP contribution >= 0.6 is 0 Å². The van der Waals surface area contributed by atoms with E-state index in [-0.39, 0.29) is 5.41 Å². The van der Waals surface area contributed by atoms with Crippen LogP contribution in [0.25, 0.3) is 0 Å². The second-order valence-electron chi connectivity index (χ2n) is 4.67. The van der Waals surface area contributed by atoms with Gasteiger partial charge in [0.2, 0.25) is 0 Å². The maximum Gasteiger partial charge on any atom is -0.0197 e. The Morgan fingerprint density at radius 3 is 2.33 bits per heavy atom. The van der Waals surface area contributed by atoms with Crippen LogP contribution in [-0.4, -0.2) is 0 Å². The molecule has 0 aromatic rings. The molecule has 0 nitrogen and oxygen atoms in total. The van der Waals surface area contributed by atoms with Crippen LogP contribution in [0.5, 0.6) is 0 Å². The maximum atomic E-state index is 3.92. The molecule has 0 aliphatic carbocycles. The Morgan fingerprint density at radius 1 is 1.50 bits per heavy atom. The molecule has 1 unspecified atom stereocenters. The van der Waals surface area contributed by atoms with Gasteiger partial charge in [-0.05, 0) is 30.8 Å². The van der Waals surface area contributed by atoms with E-state index in [4.69, 9.17) is 0 Å². The van der Waals surface area contributed by atoms with Crippen molar-refractivity contribution in [3.8, 4) is 0 Å². The zero-order chi connectivity index (χ0) is 9.78. The standard InChI is InChI=1S/C12H21/c1-10(2)11(3)8-7-9-12(4,5)6/h9,11H,1,8H2,2-6H3. The molecular weight excluding hydrogens is 144 g/mol. The van der Waals surface area contributed by atoms with Gasteiger partial charge in [0.15, 0.2) is 0 Å². The molecule has 0 fully saturated rings. The van der Waals surface area contributed by atoms with E-state index in [1.807, 2.05) is 0 Å². The maximum absolute atomic E-state index is 3.92. The number of allylic oxidation sites excluding steroid dienone is 3. The smallest absolute Gasteiger partial charge is 0.0197 e. The molecule has 0 N–H and O–H groups in total. The van der Waals surface area contributed by atoms with E-state index in [0.717, 1.165) is 6.42 Å². The van der Waals surface area contributed by atoms with Crippen molar-refractivity contribution >= 4 is 0 Å². The van der Waals surface area contributed by atoms with E-state index in [1.54, 1.807) is 0 Å². The Hall–Kier alpha value is -0.520. The van der Waals surface area contributed by atoms with Crippen molar-refractivity contribution in [3.63, 3.8) is 0 Å². The van der Waals surface area contributed by atoms with Crippen molar-refractivity contribution in [3.05, 3.63) is 24.3 Å². The third-order valence-electron chi connectivity index (χ3n) is 1.80. The highest BCUT2D eigenvalue weighted by atomic mass is 14.1. The van der Waals surface area contributed by atoms with E-state index in [1.165, 1.54) is 5.57 Å². The Morgan fingerprint density at radius 2 is 2.00 bits per heavy atom. The third-order valence-corrected chi connectivity index (χ3v) is 1.80. The summed E-state index contributed by atoms with van der Waals surface area (Å²) in [6.45, 7) is 14.7. The number of hydrogen-bond acceptors (Lipinski definition) is 0. The van der Waals surface area contributed by atoms with Gasteiger partial charge in [0.25, 0.3) is 0 Å². The number of hydrogen-bond donors (Lipinski definition) is 0. The molecular formula is C12H21. The van der Waals surface area contributed by atoms with Crippen molar-refractivity contribution < 1.29 is 0 Å². The summed E-state index contributed by atoms with van der Waals surface area (Å²) in [6.07, 6.45) is 6.46. The predicted octanol–water partition coefficient (Wildman–Crippen LogP) is 3.99. The molecule has 1 radical (unpaired) electrons. The van der Waals surface area contributed by atoms with Crippen LogP contribution < -0.4 is 0 Å². The second kappa shape index (κ2) is 4.49. The van der Waals surface area contributed by atoms with Crippen LogP contribution in [0.4, 0.5) is 0 Å². The fraction of sp³-hybridized carbons (Fsp3) is 0.667. The monoisotopic (exact) mass is 165 g/mol. The van der Waals surface area contributed by atoms with Gasteiger partial charge in [0.1, 0.15) is 0 Å². The SMILES string of the molecule is C=C(C)C(C)C/[C]=C/C(C)(C)C. The molecule has 0 rings (SSSR count). The first-order valence-corrected chi connectivity index (χ1v) is 4.56. The Balaban J connectivity index is 3.83. The van der Waals surface area contributed by atoms with Crippen LogP contribution in [0, 0.1) is 17.4 Å². The largest absolute Gasteiger partial charge is 0.0999 e. The molecule has 0 heterocycles. The van der Waals surface area contributed by atoms with E-state index in [0.29, 0.717) is 5.92 Å². The number of rotatable bonds is 3. The lowest BCUT2D eigenvalue weighted by atomic mass is 9.93. The highest BCUT2D eigenvalue weighted by Gasteiger charge is 2.04. The summed E-state index contributed by atoms with van der Waals surface area (Å²) in [7, 11) is 0. The van der Waals surface area contributed by atoms with Crippen molar-refractivity contribution in [2.75, 3.05) is 0 Å². The summed E-state index contributed by atoms with van der Waals surface area (Å²) in [6, 6.07) is 0. The van der Waals surface area contributed by atoms with Gasteiger partial charge < -0.3 is 0 Å². The summed E-state index contributed by atoms with van der Waals surface area (Å²) in [5.74, 6) is 0.559. The molecule has 0 bridgehead atoms. The minimum absolute atomic E-state index is 0.259. The van der Waals surface area contributed by atoms with Crippen LogP contribution in [0.1, 0.15) is 41.0 Å². The van der Waals surface area contributed by atoms with Gasteiger partial charge in [-0.15, -0.1) is 0 Å². The van der Waals surface area contributed by atoms with Gasteiger partial charge in [-0.25, -0.2) is 0 Å². The molecule has 0 aliphatic heterocycles. The highest BCUT2D eigenvalue weighted by molar-refractivity contribution is 4.97. The van der Waals surface area contributed by atoms with E-state index in [9.17, 15) is 0 Å². The van der Waals surface area contributed by atoms with Crippen LogP contribution in [0.15, 0.2) is 18.2 Å². The summed E-state index contributed by atoms with van der Waals surface area (Å²) in [5.41, 5.74) is 1.50. The minimum Gasteiger partial charge on any atom is -0.0999 e. The Labute approximate surface area is 77.4 Å². The van der Waals surface area contributed by atoms with Crippen molar-refractivity contribution in [2.45, 2.75) is 41.0 Å².